The van der Waals surface area contributed by atoms with Gasteiger partial charge in [-0.05, 0) is 38.1 Å². The quantitative estimate of drug-likeness (QED) is 0.749. The molecule has 1 aromatic carbocycles. The lowest BCUT2D eigenvalue weighted by atomic mass is 9.85. The predicted octanol–water partition coefficient (Wildman–Crippen LogP) is 0.752. The molecule has 0 spiro atoms. The van der Waals surface area contributed by atoms with Gasteiger partial charge >= 0.3 is 0 Å². The number of likely N-dealkylation sites (N-methyl/N-ethyl adjacent to an activating group) is 1. The van der Waals surface area contributed by atoms with E-state index in [1.165, 1.54) is 0 Å². The lowest BCUT2D eigenvalue weighted by molar-refractivity contribution is -0.120. The number of anilines is 1. The number of hydrogen-bond acceptors (Lipinski definition) is 3. The summed E-state index contributed by atoms with van der Waals surface area (Å²) >= 11 is 0. The Morgan fingerprint density at radius 3 is 2.79 bits per heavy atom. The van der Waals surface area contributed by atoms with Gasteiger partial charge in [-0.1, -0.05) is 12.1 Å². The highest BCUT2D eigenvalue weighted by Gasteiger charge is 2.38. The van der Waals surface area contributed by atoms with Crippen LogP contribution in [0.3, 0.4) is 0 Å². The summed E-state index contributed by atoms with van der Waals surface area (Å²) in [7, 11) is 1.73. The highest BCUT2D eigenvalue weighted by molar-refractivity contribution is 6.05. The van der Waals surface area contributed by atoms with Gasteiger partial charge < -0.3 is 16.0 Å². The van der Waals surface area contributed by atoms with Crippen molar-refractivity contribution >= 4 is 17.5 Å². The molecule has 0 aromatic heterocycles. The predicted molar refractivity (Wildman–Crippen MR) is 73.9 cm³/mol. The summed E-state index contributed by atoms with van der Waals surface area (Å²) in [6.45, 7) is 4.57. The first kappa shape index (κ1) is 13.5. The lowest BCUT2D eigenvalue weighted by Gasteiger charge is -2.16. The van der Waals surface area contributed by atoms with Crippen LogP contribution in [-0.4, -0.2) is 25.4 Å². The molecule has 2 rings (SSSR count). The fourth-order valence-corrected chi connectivity index (χ4v) is 2.15. The van der Waals surface area contributed by atoms with Gasteiger partial charge in [-0.2, -0.15) is 0 Å². The van der Waals surface area contributed by atoms with E-state index in [0.29, 0.717) is 13.1 Å². The van der Waals surface area contributed by atoms with Crippen molar-refractivity contribution in [2.24, 2.45) is 0 Å². The summed E-state index contributed by atoms with van der Waals surface area (Å²) < 4.78 is 0. The van der Waals surface area contributed by atoms with E-state index < -0.39 is 5.41 Å². The molecule has 1 aliphatic heterocycles. The van der Waals surface area contributed by atoms with E-state index in [0.717, 1.165) is 16.8 Å². The minimum absolute atomic E-state index is 0.0128. The molecule has 5 nitrogen and oxygen atoms in total. The molecule has 2 amide bonds. The van der Waals surface area contributed by atoms with Crippen LogP contribution in [0.4, 0.5) is 5.69 Å². The second kappa shape index (κ2) is 5.01. The molecule has 0 saturated heterocycles. The van der Waals surface area contributed by atoms with Gasteiger partial charge in [0, 0.05) is 12.2 Å². The number of carbonyl (C=O) groups excluding carboxylic acids is 2. The van der Waals surface area contributed by atoms with Crippen LogP contribution in [0.1, 0.15) is 25.0 Å². The second-order valence-electron chi connectivity index (χ2n) is 5.27. The molecule has 19 heavy (non-hydrogen) atoms. The lowest BCUT2D eigenvalue weighted by Crippen LogP contribution is -2.31. The van der Waals surface area contributed by atoms with Crippen molar-refractivity contribution in [2.75, 3.05) is 18.9 Å². The molecule has 0 bridgehead atoms. The first-order valence-electron chi connectivity index (χ1n) is 6.31. The number of hydrogen-bond donors (Lipinski definition) is 3. The van der Waals surface area contributed by atoms with Crippen LogP contribution in [-0.2, 0) is 21.5 Å². The van der Waals surface area contributed by atoms with Crippen LogP contribution >= 0.6 is 0 Å². The van der Waals surface area contributed by atoms with E-state index >= 15 is 0 Å². The van der Waals surface area contributed by atoms with Crippen LogP contribution < -0.4 is 16.0 Å². The van der Waals surface area contributed by atoms with Gasteiger partial charge in [-0.15, -0.1) is 0 Å². The van der Waals surface area contributed by atoms with Gasteiger partial charge in [0.15, 0.2) is 0 Å². The van der Waals surface area contributed by atoms with Gasteiger partial charge in [0.1, 0.15) is 0 Å². The van der Waals surface area contributed by atoms with Crippen LogP contribution in [0.25, 0.3) is 0 Å². The van der Waals surface area contributed by atoms with Gasteiger partial charge in [-0.25, -0.2) is 0 Å². The molecule has 1 heterocycles. The van der Waals surface area contributed by atoms with Crippen LogP contribution in [0.5, 0.6) is 0 Å². The topological polar surface area (TPSA) is 70.2 Å². The molecule has 5 heteroatoms. The largest absolute Gasteiger partial charge is 0.351 e. The third kappa shape index (κ3) is 2.61. The molecule has 3 N–H and O–H groups in total. The number of amides is 2. The summed E-state index contributed by atoms with van der Waals surface area (Å²) in [5.41, 5.74) is 2.33. The zero-order valence-corrected chi connectivity index (χ0v) is 11.5. The third-order valence-electron chi connectivity index (χ3n) is 3.40. The fraction of sp³-hybridized carbons (Fsp3) is 0.429. The van der Waals surface area contributed by atoms with Crippen LogP contribution in [0, 0.1) is 0 Å². The van der Waals surface area contributed by atoms with Crippen molar-refractivity contribution in [3.8, 4) is 0 Å². The van der Waals surface area contributed by atoms with E-state index in [-0.39, 0.29) is 11.8 Å². The van der Waals surface area contributed by atoms with Crippen molar-refractivity contribution in [2.45, 2.75) is 25.8 Å². The highest BCUT2D eigenvalue weighted by Crippen LogP contribution is 2.37. The fourth-order valence-electron chi connectivity index (χ4n) is 2.15. The summed E-state index contributed by atoms with van der Waals surface area (Å²) in [5, 5.41) is 8.48. The van der Waals surface area contributed by atoms with E-state index in [2.05, 4.69) is 16.0 Å². The third-order valence-corrected chi connectivity index (χ3v) is 3.40. The van der Waals surface area contributed by atoms with Crippen molar-refractivity contribution in [3.63, 3.8) is 0 Å². The van der Waals surface area contributed by atoms with Crippen molar-refractivity contribution in [1.82, 2.24) is 10.6 Å². The van der Waals surface area contributed by atoms with Crippen LogP contribution in [0.15, 0.2) is 18.2 Å². The smallest absolute Gasteiger partial charge is 0.234 e. The zero-order valence-electron chi connectivity index (χ0n) is 11.5. The molecule has 1 aliphatic rings. The summed E-state index contributed by atoms with van der Waals surface area (Å²) in [4.78, 5) is 23.2. The summed E-state index contributed by atoms with van der Waals surface area (Å²) in [6.07, 6.45) is 0. The Morgan fingerprint density at radius 2 is 2.11 bits per heavy atom. The monoisotopic (exact) mass is 261 g/mol. The van der Waals surface area contributed by atoms with E-state index in [9.17, 15) is 9.59 Å². The zero-order chi connectivity index (χ0) is 14.0. The average Bonchev–Trinajstić information content (AvgIpc) is 2.59. The standard InChI is InChI=1S/C14H19N3O2/c1-14(2)10-6-9(7-16-12(18)8-15-3)4-5-11(10)17-13(14)19/h4-6,15H,7-8H2,1-3H3,(H,16,18)(H,17,19). The van der Waals surface area contributed by atoms with Gasteiger partial charge in [-0.3, -0.25) is 9.59 Å². The average molecular weight is 261 g/mol. The maximum absolute atomic E-state index is 11.8. The molecule has 0 atom stereocenters. The Labute approximate surface area is 112 Å². The number of fused-ring (bicyclic) bond motifs is 1. The number of rotatable bonds is 4. The Bertz CT molecular complexity index is 523. The minimum Gasteiger partial charge on any atom is -0.351 e. The summed E-state index contributed by atoms with van der Waals surface area (Å²) in [6, 6.07) is 5.79. The Hall–Kier alpha value is -1.88. The maximum atomic E-state index is 11.8. The van der Waals surface area contributed by atoms with Gasteiger partial charge in [0.25, 0.3) is 0 Å². The van der Waals surface area contributed by atoms with Gasteiger partial charge in [0.2, 0.25) is 11.8 Å². The highest BCUT2D eigenvalue weighted by atomic mass is 16.2. The first-order valence-corrected chi connectivity index (χ1v) is 6.31. The van der Waals surface area contributed by atoms with Crippen molar-refractivity contribution in [3.05, 3.63) is 29.3 Å². The molecular weight excluding hydrogens is 242 g/mol. The SMILES string of the molecule is CNCC(=O)NCc1ccc2c(c1)C(C)(C)C(=O)N2. The molecule has 0 radical (unpaired) electrons. The molecule has 0 saturated carbocycles. The molecule has 0 aliphatic carbocycles. The Balaban J connectivity index is 2.12. The maximum Gasteiger partial charge on any atom is 0.234 e. The first-order chi connectivity index (χ1) is 8.95. The minimum atomic E-state index is -0.514. The normalized spacial score (nSPS) is 15.8. The van der Waals surface area contributed by atoms with Crippen molar-refractivity contribution in [1.29, 1.82) is 0 Å². The van der Waals surface area contributed by atoms with Crippen LogP contribution in [0.2, 0.25) is 0 Å². The number of benzene rings is 1. The number of nitrogens with one attached hydrogen (secondary N) is 3. The Morgan fingerprint density at radius 1 is 1.37 bits per heavy atom. The van der Waals surface area contributed by atoms with E-state index in [4.69, 9.17) is 0 Å². The number of carbonyl (C=O) groups is 2. The molecule has 1 aromatic rings. The second-order valence-corrected chi connectivity index (χ2v) is 5.27. The van der Waals surface area contributed by atoms with E-state index in [1.807, 2.05) is 32.0 Å². The molecule has 0 unspecified atom stereocenters. The molecule has 0 fully saturated rings. The van der Waals surface area contributed by atoms with E-state index in [1.54, 1.807) is 7.05 Å². The molecule has 102 valence electrons. The molecular formula is C14H19N3O2. The summed E-state index contributed by atoms with van der Waals surface area (Å²) in [5.74, 6) is -0.0321. The van der Waals surface area contributed by atoms with Gasteiger partial charge in [0.05, 0.1) is 12.0 Å². The Kier molecular flexibility index (Phi) is 3.57. The van der Waals surface area contributed by atoms with Crippen molar-refractivity contribution < 1.29 is 9.59 Å².